The first-order valence-electron chi connectivity index (χ1n) is 7.43. The van der Waals surface area contributed by atoms with Gasteiger partial charge < -0.3 is 9.73 Å². The normalized spacial score (nSPS) is 28.8. The van der Waals surface area contributed by atoms with Crippen LogP contribution in [-0.2, 0) is 6.54 Å². The molecule has 0 saturated carbocycles. The van der Waals surface area contributed by atoms with Gasteiger partial charge in [0.2, 0.25) is 5.89 Å². The third-order valence-corrected chi connectivity index (χ3v) is 4.58. The van der Waals surface area contributed by atoms with E-state index in [1.807, 2.05) is 13.8 Å². The SMILES string of the molecule is CCNC1CCN(Cc2nc(C)c(C)o2)C(C)C1C. The Bertz CT molecular complexity index is 396. The van der Waals surface area contributed by atoms with Crippen LogP contribution >= 0.6 is 0 Å². The fraction of sp³-hybridized carbons (Fsp3) is 0.800. The molecule has 0 aliphatic carbocycles. The van der Waals surface area contributed by atoms with Gasteiger partial charge in [0, 0.05) is 18.6 Å². The first kappa shape index (κ1) is 14.5. The largest absolute Gasteiger partial charge is 0.444 e. The molecule has 0 radical (unpaired) electrons. The van der Waals surface area contributed by atoms with Gasteiger partial charge in [-0.15, -0.1) is 0 Å². The highest BCUT2D eigenvalue weighted by Crippen LogP contribution is 2.25. The van der Waals surface area contributed by atoms with E-state index in [0.717, 1.165) is 37.0 Å². The Morgan fingerprint density at radius 1 is 1.37 bits per heavy atom. The molecule has 4 nitrogen and oxygen atoms in total. The second kappa shape index (κ2) is 6.06. The van der Waals surface area contributed by atoms with Gasteiger partial charge in [-0.1, -0.05) is 13.8 Å². The zero-order chi connectivity index (χ0) is 14.0. The predicted molar refractivity (Wildman–Crippen MR) is 77.1 cm³/mol. The van der Waals surface area contributed by atoms with E-state index in [1.165, 1.54) is 6.42 Å². The number of piperidine rings is 1. The third-order valence-electron chi connectivity index (χ3n) is 4.58. The van der Waals surface area contributed by atoms with Crippen molar-refractivity contribution in [1.29, 1.82) is 0 Å². The number of oxazole rings is 1. The number of nitrogens with zero attached hydrogens (tertiary/aromatic N) is 2. The summed E-state index contributed by atoms with van der Waals surface area (Å²) in [6.07, 6.45) is 1.21. The molecule has 0 amide bonds. The molecule has 108 valence electrons. The molecule has 3 atom stereocenters. The first-order chi connectivity index (χ1) is 9.02. The maximum absolute atomic E-state index is 5.71. The Hall–Kier alpha value is -0.870. The van der Waals surface area contributed by atoms with Crippen LogP contribution in [0.1, 0.15) is 44.5 Å². The second-order valence-electron chi connectivity index (χ2n) is 5.77. The van der Waals surface area contributed by atoms with Gasteiger partial charge >= 0.3 is 0 Å². The summed E-state index contributed by atoms with van der Waals surface area (Å²) in [6, 6.07) is 1.20. The van der Waals surface area contributed by atoms with Crippen LogP contribution in [0.15, 0.2) is 4.42 Å². The Labute approximate surface area is 116 Å². The monoisotopic (exact) mass is 265 g/mol. The standard InChI is InChI=1S/C15H27N3O/c1-6-16-14-7-8-18(12(4)10(14)2)9-15-17-11(3)13(5)19-15/h10,12,14,16H,6-9H2,1-5H3. The molecule has 3 unspecified atom stereocenters. The number of likely N-dealkylation sites (tertiary alicyclic amines) is 1. The maximum Gasteiger partial charge on any atom is 0.208 e. The van der Waals surface area contributed by atoms with Crippen molar-refractivity contribution >= 4 is 0 Å². The van der Waals surface area contributed by atoms with Crippen molar-refractivity contribution in [3.63, 3.8) is 0 Å². The lowest BCUT2D eigenvalue weighted by Gasteiger charge is -2.42. The highest BCUT2D eigenvalue weighted by molar-refractivity contribution is 5.05. The fourth-order valence-corrected chi connectivity index (χ4v) is 2.99. The molecule has 2 rings (SSSR count). The van der Waals surface area contributed by atoms with Gasteiger partial charge in [-0.3, -0.25) is 4.90 Å². The number of hydrogen-bond acceptors (Lipinski definition) is 4. The van der Waals surface area contributed by atoms with Gasteiger partial charge in [0.25, 0.3) is 0 Å². The van der Waals surface area contributed by atoms with Crippen LogP contribution in [0.3, 0.4) is 0 Å². The number of rotatable bonds is 4. The summed E-state index contributed by atoms with van der Waals surface area (Å²) in [5, 5.41) is 3.60. The van der Waals surface area contributed by atoms with Crippen LogP contribution in [0.5, 0.6) is 0 Å². The molecule has 1 aromatic rings. The van der Waals surface area contributed by atoms with E-state index in [0.29, 0.717) is 18.0 Å². The summed E-state index contributed by atoms with van der Waals surface area (Å²) in [7, 11) is 0. The maximum atomic E-state index is 5.71. The van der Waals surface area contributed by atoms with Crippen molar-refractivity contribution in [3.8, 4) is 0 Å². The average molecular weight is 265 g/mol. The molecule has 19 heavy (non-hydrogen) atoms. The van der Waals surface area contributed by atoms with Gasteiger partial charge in [0.15, 0.2) is 0 Å². The van der Waals surface area contributed by atoms with Crippen molar-refractivity contribution in [1.82, 2.24) is 15.2 Å². The quantitative estimate of drug-likeness (QED) is 0.908. The van der Waals surface area contributed by atoms with Gasteiger partial charge in [0.1, 0.15) is 5.76 Å². The minimum Gasteiger partial charge on any atom is -0.444 e. The van der Waals surface area contributed by atoms with Crippen molar-refractivity contribution in [2.75, 3.05) is 13.1 Å². The third kappa shape index (κ3) is 3.18. The van der Waals surface area contributed by atoms with Gasteiger partial charge in [-0.25, -0.2) is 4.98 Å². The molecular weight excluding hydrogens is 238 g/mol. The smallest absolute Gasteiger partial charge is 0.208 e. The molecule has 2 heterocycles. The number of hydrogen-bond donors (Lipinski definition) is 1. The number of nitrogens with one attached hydrogen (secondary N) is 1. The van der Waals surface area contributed by atoms with Crippen LogP contribution in [0, 0.1) is 19.8 Å². The van der Waals surface area contributed by atoms with Crippen LogP contribution in [0.2, 0.25) is 0 Å². The lowest BCUT2D eigenvalue weighted by Crippen LogP contribution is -2.52. The molecule has 4 heteroatoms. The molecule has 1 aliphatic heterocycles. The first-order valence-corrected chi connectivity index (χ1v) is 7.43. The fourth-order valence-electron chi connectivity index (χ4n) is 2.99. The number of aryl methyl sites for hydroxylation is 2. The molecule has 0 bridgehead atoms. The van der Waals surface area contributed by atoms with E-state index in [2.05, 4.69) is 36.0 Å². The molecule has 1 aromatic heterocycles. The Kier molecular flexibility index (Phi) is 4.63. The summed E-state index contributed by atoms with van der Waals surface area (Å²) < 4.78 is 5.71. The second-order valence-corrected chi connectivity index (χ2v) is 5.77. The molecule has 1 aliphatic rings. The van der Waals surface area contributed by atoms with Crippen molar-refractivity contribution in [3.05, 3.63) is 17.3 Å². The molecule has 0 aromatic carbocycles. The lowest BCUT2D eigenvalue weighted by molar-refractivity contribution is 0.0712. The predicted octanol–water partition coefficient (Wildman–Crippen LogP) is 2.50. The van der Waals surface area contributed by atoms with E-state index in [-0.39, 0.29) is 0 Å². The van der Waals surface area contributed by atoms with Crippen LogP contribution < -0.4 is 5.32 Å². The summed E-state index contributed by atoms with van der Waals surface area (Å²) in [6.45, 7) is 13.8. The summed E-state index contributed by atoms with van der Waals surface area (Å²) in [4.78, 5) is 6.98. The topological polar surface area (TPSA) is 41.3 Å². The summed E-state index contributed by atoms with van der Waals surface area (Å²) >= 11 is 0. The molecule has 1 fully saturated rings. The van der Waals surface area contributed by atoms with E-state index in [1.54, 1.807) is 0 Å². The number of aromatic nitrogens is 1. The average Bonchev–Trinajstić information content (AvgIpc) is 2.68. The lowest BCUT2D eigenvalue weighted by atomic mass is 9.87. The molecule has 1 saturated heterocycles. The van der Waals surface area contributed by atoms with Gasteiger partial charge in [-0.2, -0.15) is 0 Å². The van der Waals surface area contributed by atoms with Crippen molar-refractivity contribution in [2.24, 2.45) is 5.92 Å². The highest BCUT2D eigenvalue weighted by Gasteiger charge is 2.32. The van der Waals surface area contributed by atoms with E-state index in [9.17, 15) is 0 Å². The summed E-state index contributed by atoms with van der Waals surface area (Å²) in [5.41, 5.74) is 1.01. The minimum absolute atomic E-state index is 0.560. The Morgan fingerprint density at radius 2 is 2.11 bits per heavy atom. The molecule has 1 N–H and O–H groups in total. The minimum atomic E-state index is 0.560. The van der Waals surface area contributed by atoms with Crippen molar-refractivity contribution < 1.29 is 4.42 Å². The Balaban J connectivity index is 1.98. The van der Waals surface area contributed by atoms with E-state index >= 15 is 0 Å². The van der Waals surface area contributed by atoms with Crippen LogP contribution in [0.4, 0.5) is 0 Å². The van der Waals surface area contributed by atoms with Gasteiger partial charge in [-0.05, 0) is 39.7 Å². The molecule has 0 spiro atoms. The van der Waals surface area contributed by atoms with E-state index < -0.39 is 0 Å². The van der Waals surface area contributed by atoms with E-state index in [4.69, 9.17) is 4.42 Å². The molecular formula is C15H27N3O. The van der Waals surface area contributed by atoms with Crippen molar-refractivity contribution in [2.45, 2.75) is 59.7 Å². The van der Waals surface area contributed by atoms with Crippen LogP contribution in [0.25, 0.3) is 0 Å². The zero-order valence-electron chi connectivity index (χ0n) is 12.9. The summed E-state index contributed by atoms with van der Waals surface area (Å²) in [5.74, 6) is 2.46. The Morgan fingerprint density at radius 3 is 2.68 bits per heavy atom. The zero-order valence-corrected chi connectivity index (χ0v) is 12.9. The highest BCUT2D eigenvalue weighted by atomic mass is 16.4. The van der Waals surface area contributed by atoms with Gasteiger partial charge in [0.05, 0.1) is 12.2 Å². The van der Waals surface area contributed by atoms with Crippen LogP contribution in [-0.4, -0.2) is 35.1 Å².